The van der Waals surface area contributed by atoms with Gasteiger partial charge in [-0.15, -0.1) is 0 Å². The molecule has 2 nitrogen and oxygen atoms in total. The highest BCUT2D eigenvalue weighted by atomic mass is 35.5. The lowest BCUT2D eigenvalue weighted by Gasteiger charge is -2.40. The number of nitrogens with two attached hydrogens (primary N) is 1. The maximum atomic E-state index is 5.92. The molecule has 1 aliphatic carbocycles. The van der Waals surface area contributed by atoms with Crippen LogP contribution in [0.25, 0.3) is 0 Å². The monoisotopic (exact) mass is 266 g/mol. The number of hydrogen-bond acceptors (Lipinski definition) is 2. The normalized spacial score (nSPS) is 20.6. The molecule has 1 saturated carbocycles. The molecule has 1 aromatic carbocycles. The van der Waals surface area contributed by atoms with Crippen LogP contribution in [-0.4, -0.2) is 6.04 Å². The molecule has 18 heavy (non-hydrogen) atoms. The first-order chi connectivity index (χ1) is 8.64. The Balaban J connectivity index is 2.06. The highest BCUT2D eigenvalue weighted by molar-refractivity contribution is 6.30. The third-order valence-electron chi connectivity index (χ3n) is 4.39. The Hall–Kier alpha value is -0.570. The number of benzene rings is 1. The van der Waals surface area contributed by atoms with Crippen molar-refractivity contribution in [3.05, 3.63) is 34.9 Å². The zero-order valence-corrected chi connectivity index (χ0v) is 11.8. The highest BCUT2D eigenvalue weighted by Crippen LogP contribution is 2.39. The van der Waals surface area contributed by atoms with E-state index in [4.69, 9.17) is 17.4 Å². The molecule has 1 fully saturated rings. The smallest absolute Gasteiger partial charge is 0.0406 e. The minimum atomic E-state index is 0.326. The number of hydrogen-bond donors (Lipinski definition) is 2. The van der Waals surface area contributed by atoms with Gasteiger partial charge >= 0.3 is 0 Å². The summed E-state index contributed by atoms with van der Waals surface area (Å²) in [6.07, 6.45) is 7.55. The van der Waals surface area contributed by atoms with Gasteiger partial charge in [0.05, 0.1) is 0 Å². The molecule has 3 N–H and O–H groups in total. The molecular formula is C15H23ClN2. The third-order valence-corrected chi connectivity index (χ3v) is 4.64. The van der Waals surface area contributed by atoms with Gasteiger partial charge in [-0.2, -0.15) is 0 Å². The summed E-state index contributed by atoms with van der Waals surface area (Å²) in [6.45, 7) is 2.37. The van der Waals surface area contributed by atoms with Crippen molar-refractivity contribution < 1.29 is 0 Å². The van der Waals surface area contributed by atoms with Gasteiger partial charge in [-0.3, -0.25) is 11.3 Å². The lowest BCUT2D eigenvalue weighted by Crippen LogP contribution is -2.49. The van der Waals surface area contributed by atoms with Gasteiger partial charge in [0.25, 0.3) is 0 Å². The van der Waals surface area contributed by atoms with Crippen molar-refractivity contribution in [1.82, 2.24) is 5.43 Å². The van der Waals surface area contributed by atoms with Crippen LogP contribution >= 0.6 is 11.6 Å². The van der Waals surface area contributed by atoms with Gasteiger partial charge in [-0.1, -0.05) is 49.9 Å². The van der Waals surface area contributed by atoms with Crippen LogP contribution in [0.3, 0.4) is 0 Å². The van der Waals surface area contributed by atoms with E-state index in [9.17, 15) is 0 Å². The van der Waals surface area contributed by atoms with Gasteiger partial charge in [0.15, 0.2) is 0 Å². The Morgan fingerprint density at radius 1 is 1.22 bits per heavy atom. The maximum Gasteiger partial charge on any atom is 0.0406 e. The third kappa shape index (κ3) is 3.25. The van der Waals surface area contributed by atoms with E-state index in [-0.39, 0.29) is 0 Å². The number of halogens is 1. The molecule has 100 valence electrons. The average Bonchev–Trinajstić information content (AvgIpc) is 2.38. The van der Waals surface area contributed by atoms with Crippen molar-refractivity contribution >= 4 is 11.6 Å². The molecule has 1 aliphatic rings. The Labute approximate surface area is 115 Å². The lowest BCUT2D eigenvalue weighted by atomic mass is 9.69. The standard InChI is InChI=1S/C15H23ClN2/c1-15(9-3-2-4-10-15)14(18-17)11-12-5-7-13(16)8-6-12/h5-8,14,18H,2-4,9-11,17H2,1H3. The van der Waals surface area contributed by atoms with Crippen LogP contribution < -0.4 is 11.3 Å². The molecule has 1 atom stereocenters. The molecule has 0 amide bonds. The molecule has 0 bridgehead atoms. The van der Waals surface area contributed by atoms with E-state index in [2.05, 4.69) is 24.5 Å². The van der Waals surface area contributed by atoms with E-state index in [0.29, 0.717) is 11.5 Å². The second-order valence-electron chi connectivity index (χ2n) is 5.76. The minimum absolute atomic E-state index is 0.326. The fourth-order valence-corrected chi connectivity index (χ4v) is 3.20. The Kier molecular flexibility index (Phi) is 4.66. The molecule has 0 aromatic heterocycles. The van der Waals surface area contributed by atoms with E-state index in [1.807, 2.05) is 12.1 Å². The molecule has 1 unspecified atom stereocenters. The van der Waals surface area contributed by atoms with E-state index in [1.54, 1.807) is 0 Å². The zero-order chi connectivity index (χ0) is 13.0. The van der Waals surface area contributed by atoms with Crippen molar-refractivity contribution in [3.8, 4) is 0 Å². The largest absolute Gasteiger partial charge is 0.271 e. The van der Waals surface area contributed by atoms with Gasteiger partial charge < -0.3 is 0 Å². The Morgan fingerprint density at radius 2 is 1.83 bits per heavy atom. The zero-order valence-electron chi connectivity index (χ0n) is 11.1. The first-order valence-electron chi connectivity index (χ1n) is 6.85. The fraction of sp³-hybridized carbons (Fsp3) is 0.600. The Morgan fingerprint density at radius 3 is 2.39 bits per heavy atom. The summed E-state index contributed by atoms with van der Waals surface area (Å²) in [5.41, 5.74) is 4.67. The van der Waals surface area contributed by atoms with Crippen molar-refractivity contribution in [3.63, 3.8) is 0 Å². The lowest BCUT2D eigenvalue weighted by molar-refractivity contribution is 0.144. The van der Waals surface area contributed by atoms with Crippen LogP contribution in [-0.2, 0) is 6.42 Å². The van der Waals surface area contributed by atoms with Crippen LogP contribution in [0.1, 0.15) is 44.6 Å². The molecule has 3 heteroatoms. The SMILES string of the molecule is CC1(C(Cc2ccc(Cl)cc2)NN)CCCCC1. The number of nitrogens with one attached hydrogen (secondary N) is 1. The molecule has 1 aromatic rings. The first-order valence-corrected chi connectivity index (χ1v) is 7.22. The van der Waals surface area contributed by atoms with Crippen LogP contribution in [0, 0.1) is 5.41 Å². The van der Waals surface area contributed by atoms with Crippen LogP contribution in [0.15, 0.2) is 24.3 Å². The fourth-order valence-electron chi connectivity index (χ4n) is 3.07. The summed E-state index contributed by atoms with van der Waals surface area (Å²) in [5, 5.41) is 0.792. The van der Waals surface area contributed by atoms with E-state index in [1.165, 1.54) is 37.7 Å². The molecule has 2 rings (SSSR count). The van der Waals surface area contributed by atoms with Crippen molar-refractivity contribution in [2.75, 3.05) is 0 Å². The molecule has 0 saturated heterocycles. The maximum absolute atomic E-state index is 5.92. The predicted octanol–water partition coefficient (Wildman–Crippen LogP) is 3.68. The van der Waals surface area contributed by atoms with Gasteiger partial charge in [0.2, 0.25) is 0 Å². The summed E-state index contributed by atoms with van der Waals surface area (Å²) in [5.74, 6) is 5.79. The van der Waals surface area contributed by atoms with E-state index >= 15 is 0 Å². The van der Waals surface area contributed by atoms with Crippen LogP contribution in [0.2, 0.25) is 5.02 Å². The molecule has 0 spiro atoms. The topological polar surface area (TPSA) is 38.0 Å². The molecule has 0 radical (unpaired) electrons. The van der Waals surface area contributed by atoms with Gasteiger partial charge in [0.1, 0.15) is 0 Å². The van der Waals surface area contributed by atoms with Gasteiger partial charge in [0, 0.05) is 11.1 Å². The molecular weight excluding hydrogens is 244 g/mol. The summed E-state index contributed by atoms with van der Waals surface area (Å²) in [7, 11) is 0. The summed E-state index contributed by atoms with van der Waals surface area (Å²) in [6, 6.07) is 8.44. The molecule has 0 aliphatic heterocycles. The van der Waals surface area contributed by atoms with E-state index < -0.39 is 0 Å². The summed E-state index contributed by atoms with van der Waals surface area (Å²) in [4.78, 5) is 0. The average molecular weight is 267 g/mol. The quantitative estimate of drug-likeness (QED) is 0.644. The first kappa shape index (κ1) is 13.9. The van der Waals surface area contributed by atoms with Gasteiger partial charge in [-0.25, -0.2) is 0 Å². The van der Waals surface area contributed by atoms with Gasteiger partial charge in [-0.05, 0) is 42.4 Å². The summed E-state index contributed by atoms with van der Waals surface area (Å²) >= 11 is 5.92. The second-order valence-corrected chi connectivity index (χ2v) is 6.20. The highest BCUT2D eigenvalue weighted by Gasteiger charge is 2.34. The summed E-state index contributed by atoms with van der Waals surface area (Å²) < 4.78 is 0. The van der Waals surface area contributed by atoms with Crippen LogP contribution in [0.5, 0.6) is 0 Å². The van der Waals surface area contributed by atoms with Crippen LogP contribution in [0.4, 0.5) is 0 Å². The van der Waals surface area contributed by atoms with E-state index in [0.717, 1.165) is 11.4 Å². The second kappa shape index (κ2) is 6.05. The minimum Gasteiger partial charge on any atom is -0.271 e. The van der Waals surface area contributed by atoms with Crippen molar-refractivity contribution in [2.24, 2.45) is 11.3 Å². The number of hydrazine groups is 1. The van der Waals surface area contributed by atoms with Crippen molar-refractivity contribution in [1.29, 1.82) is 0 Å². The van der Waals surface area contributed by atoms with Crippen molar-refractivity contribution in [2.45, 2.75) is 51.5 Å². The molecule has 0 heterocycles. The Bertz CT molecular complexity index is 369. The predicted molar refractivity (Wildman–Crippen MR) is 77.5 cm³/mol. The number of rotatable bonds is 4.